The van der Waals surface area contributed by atoms with Crippen LogP contribution in [0.5, 0.6) is 0 Å². The largest absolute Gasteiger partial charge is 0.383 e. The van der Waals surface area contributed by atoms with Crippen molar-refractivity contribution in [3.8, 4) is 0 Å². The van der Waals surface area contributed by atoms with Crippen molar-refractivity contribution < 1.29 is 9.84 Å². The third-order valence-corrected chi connectivity index (χ3v) is 3.48. The van der Waals surface area contributed by atoms with Gasteiger partial charge >= 0.3 is 0 Å². The molecule has 0 aromatic rings. The van der Waals surface area contributed by atoms with Crippen LogP contribution in [0.3, 0.4) is 0 Å². The summed E-state index contributed by atoms with van der Waals surface area (Å²) < 4.78 is 5.16. The monoisotopic (exact) mass is 205 g/mol. The van der Waals surface area contributed by atoms with Gasteiger partial charge in [-0.15, -0.1) is 0 Å². The van der Waals surface area contributed by atoms with Crippen LogP contribution < -0.4 is 5.73 Å². The molecule has 1 saturated heterocycles. The molecule has 0 radical (unpaired) electrons. The van der Waals surface area contributed by atoms with Crippen LogP contribution in [0, 0.1) is 0 Å². The van der Waals surface area contributed by atoms with E-state index in [1.54, 1.807) is 11.8 Å². The highest BCUT2D eigenvalue weighted by Crippen LogP contribution is 2.28. The number of nitrogens with two attached hydrogens (primary N) is 1. The Morgan fingerprint density at radius 3 is 2.38 bits per heavy atom. The number of thioether (sulfide) groups is 1. The van der Waals surface area contributed by atoms with Crippen LogP contribution in [0.1, 0.15) is 20.8 Å². The number of aliphatic hydroxyl groups is 1. The van der Waals surface area contributed by atoms with Crippen LogP contribution in [-0.2, 0) is 4.74 Å². The molecular formula is C9H19NO2S. The van der Waals surface area contributed by atoms with E-state index < -0.39 is 5.60 Å². The van der Waals surface area contributed by atoms with Gasteiger partial charge in [0.2, 0.25) is 0 Å². The third kappa shape index (κ3) is 3.13. The Morgan fingerprint density at radius 2 is 2.08 bits per heavy atom. The fourth-order valence-corrected chi connectivity index (χ4v) is 2.01. The molecule has 0 bridgehead atoms. The first-order chi connectivity index (χ1) is 5.83. The smallest absolute Gasteiger partial charge is 0.127 e. The minimum atomic E-state index is -0.766. The molecule has 1 fully saturated rings. The van der Waals surface area contributed by atoms with Gasteiger partial charge in [0.1, 0.15) is 5.60 Å². The predicted molar refractivity (Wildman–Crippen MR) is 56.0 cm³/mol. The summed E-state index contributed by atoms with van der Waals surface area (Å²) in [6, 6.07) is -0.175. The fraction of sp³-hybridized carbons (Fsp3) is 1.00. The Hall–Kier alpha value is 0.230. The lowest BCUT2D eigenvalue weighted by molar-refractivity contribution is -0.186. The molecule has 1 atom stereocenters. The molecule has 3 nitrogen and oxygen atoms in total. The van der Waals surface area contributed by atoms with Crippen LogP contribution in [-0.4, -0.2) is 40.5 Å². The highest BCUT2D eigenvalue weighted by atomic mass is 32.2. The van der Waals surface area contributed by atoms with Crippen molar-refractivity contribution in [1.82, 2.24) is 0 Å². The first kappa shape index (κ1) is 11.3. The molecule has 0 amide bonds. The fourth-order valence-electron chi connectivity index (χ4n) is 1.02. The van der Waals surface area contributed by atoms with Gasteiger partial charge in [0.15, 0.2) is 0 Å². The van der Waals surface area contributed by atoms with Gasteiger partial charge in [-0.3, -0.25) is 0 Å². The molecular weight excluding hydrogens is 186 g/mol. The van der Waals surface area contributed by atoms with Crippen molar-refractivity contribution >= 4 is 11.8 Å². The Morgan fingerprint density at radius 1 is 1.54 bits per heavy atom. The van der Waals surface area contributed by atoms with E-state index in [1.807, 2.05) is 0 Å². The van der Waals surface area contributed by atoms with Crippen molar-refractivity contribution in [3.05, 3.63) is 0 Å². The highest BCUT2D eigenvalue weighted by Gasteiger charge is 2.42. The lowest BCUT2D eigenvalue weighted by Gasteiger charge is -2.41. The van der Waals surface area contributed by atoms with Gasteiger partial charge in [0, 0.05) is 16.5 Å². The average molecular weight is 205 g/mol. The van der Waals surface area contributed by atoms with Crippen molar-refractivity contribution in [1.29, 1.82) is 0 Å². The maximum absolute atomic E-state index is 9.81. The van der Waals surface area contributed by atoms with Crippen molar-refractivity contribution in [2.75, 3.05) is 19.0 Å². The van der Waals surface area contributed by atoms with Gasteiger partial charge in [-0.1, -0.05) is 20.8 Å². The van der Waals surface area contributed by atoms with E-state index in [0.29, 0.717) is 13.2 Å². The SMILES string of the molecule is CC(C)(C)SCC(N)C1(O)COC1. The lowest BCUT2D eigenvalue weighted by Crippen LogP contribution is -2.62. The molecule has 1 aliphatic rings. The Labute approximate surface area is 84.0 Å². The van der Waals surface area contributed by atoms with Crippen LogP contribution in [0.2, 0.25) is 0 Å². The number of ether oxygens (including phenoxy) is 1. The van der Waals surface area contributed by atoms with Gasteiger partial charge in [0.05, 0.1) is 13.2 Å². The molecule has 0 aromatic carbocycles. The summed E-state index contributed by atoms with van der Waals surface area (Å²) in [5.41, 5.74) is 5.10. The second kappa shape index (κ2) is 3.77. The summed E-state index contributed by atoms with van der Waals surface area (Å²) in [5.74, 6) is 0.781. The minimum Gasteiger partial charge on any atom is -0.383 e. The zero-order chi connectivity index (χ0) is 10.1. The van der Waals surface area contributed by atoms with E-state index in [0.717, 1.165) is 5.75 Å². The molecule has 4 heteroatoms. The molecule has 78 valence electrons. The summed E-state index contributed by atoms with van der Waals surface area (Å²) in [6.45, 7) is 7.21. The maximum atomic E-state index is 9.81. The third-order valence-electron chi connectivity index (χ3n) is 2.09. The van der Waals surface area contributed by atoms with Gasteiger partial charge in [-0.2, -0.15) is 11.8 Å². The second-order valence-electron chi connectivity index (χ2n) is 4.63. The van der Waals surface area contributed by atoms with Gasteiger partial charge in [-0.25, -0.2) is 0 Å². The standard InChI is InChI=1S/C9H19NO2S/c1-8(2,3)13-4-7(10)9(11)5-12-6-9/h7,11H,4-6,10H2,1-3H3. The van der Waals surface area contributed by atoms with Gasteiger partial charge in [0.25, 0.3) is 0 Å². The molecule has 1 aliphatic heterocycles. The predicted octanol–water partition coefficient (Wildman–Crippen LogP) is 0.607. The average Bonchev–Trinajstić information content (AvgIpc) is 1.94. The van der Waals surface area contributed by atoms with E-state index in [4.69, 9.17) is 10.5 Å². The zero-order valence-corrected chi connectivity index (χ0v) is 9.36. The Bertz CT molecular complexity index is 175. The minimum absolute atomic E-state index is 0.175. The molecule has 0 aliphatic carbocycles. The summed E-state index contributed by atoms with van der Waals surface area (Å²) in [7, 11) is 0. The van der Waals surface area contributed by atoms with E-state index in [1.165, 1.54) is 0 Å². The molecule has 1 rings (SSSR count). The molecule has 1 unspecified atom stereocenters. The van der Waals surface area contributed by atoms with Crippen LogP contribution in [0.4, 0.5) is 0 Å². The van der Waals surface area contributed by atoms with Crippen LogP contribution in [0.15, 0.2) is 0 Å². The van der Waals surface area contributed by atoms with Gasteiger partial charge in [-0.05, 0) is 0 Å². The molecule has 3 N–H and O–H groups in total. The Kier molecular flexibility index (Phi) is 3.28. The topological polar surface area (TPSA) is 55.5 Å². The number of rotatable bonds is 3. The van der Waals surface area contributed by atoms with E-state index in [9.17, 15) is 5.11 Å². The van der Waals surface area contributed by atoms with Crippen molar-refractivity contribution in [2.45, 2.75) is 37.2 Å². The second-order valence-corrected chi connectivity index (χ2v) is 6.47. The number of hydrogen-bond acceptors (Lipinski definition) is 4. The summed E-state index contributed by atoms with van der Waals surface area (Å²) in [5, 5.41) is 9.81. The lowest BCUT2D eigenvalue weighted by atomic mass is 9.94. The first-order valence-electron chi connectivity index (χ1n) is 4.53. The Balaban J connectivity index is 2.29. The molecule has 0 aromatic heterocycles. The summed E-state index contributed by atoms with van der Waals surface area (Å²) >= 11 is 1.78. The molecule has 0 saturated carbocycles. The maximum Gasteiger partial charge on any atom is 0.127 e. The van der Waals surface area contributed by atoms with Crippen LogP contribution >= 0.6 is 11.8 Å². The normalized spacial score (nSPS) is 23.8. The quantitative estimate of drug-likeness (QED) is 0.708. The summed E-state index contributed by atoms with van der Waals surface area (Å²) in [4.78, 5) is 0. The molecule has 1 heterocycles. The van der Waals surface area contributed by atoms with E-state index in [-0.39, 0.29) is 10.8 Å². The highest BCUT2D eigenvalue weighted by molar-refractivity contribution is 8.00. The van der Waals surface area contributed by atoms with Crippen molar-refractivity contribution in [2.24, 2.45) is 5.73 Å². The van der Waals surface area contributed by atoms with Crippen LogP contribution in [0.25, 0.3) is 0 Å². The van der Waals surface area contributed by atoms with Crippen molar-refractivity contribution in [3.63, 3.8) is 0 Å². The number of hydrogen-bond donors (Lipinski definition) is 2. The molecule has 0 spiro atoms. The van der Waals surface area contributed by atoms with E-state index >= 15 is 0 Å². The van der Waals surface area contributed by atoms with Gasteiger partial charge < -0.3 is 15.6 Å². The zero-order valence-electron chi connectivity index (χ0n) is 8.54. The summed E-state index contributed by atoms with van der Waals surface area (Å²) in [6.07, 6.45) is 0. The first-order valence-corrected chi connectivity index (χ1v) is 5.52. The van der Waals surface area contributed by atoms with E-state index in [2.05, 4.69) is 20.8 Å². The molecule has 13 heavy (non-hydrogen) atoms.